The molecular formula is C27H31N3O3. The highest BCUT2D eigenvalue weighted by Crippen LogP contribution is 2.43. The standard InChI is InChI=1S/C27H31N3O3/c1-17(2)14-24(26(31)29-15-18-8-7-13-33-18)30-25(20-10-3-4-11-21(20)27(30)32)22-16-28-23-12-6-5-9-19(22)23/h3-6,9-12,16-18,24-25,28H,7-8,13-15H2,1-2H3,(H,29,31). The van der Waals surface area contributed by atoms with E-state index >= 15 is 0 Å². The molecule has 0 saturated carbocycles. The van der Waals surface area contributed by atoms with E-state index in [-0.39, 0.29) is 29.9 Å². The highest BCUT2D eigenvalue weighted by atomic mass is 16.5. The first-order valence-corrected chi connectivity index (χ1v) is 11.9. The van der Waals surface area contributed by atoms with Crippen LogP contribution in [0.5, 0.6) is 0 Å². The number of para-hydroxylation sites is 1. The lowest BCUT2D eigenvalue weighted by atomic mass is 9.95. The number of fused-ring (bicyclic) bond motifs is 2. The second-order valence-electron chi connectivity index (χ2n) is 9.52. The van der Waals surface area contributed by atoms with Gasteiger partial charge in [-0.15, -0.1) is 0 Å². The molecular weight excluding hydrogens is 414 g/mol. The molecule has 2 amide bonds. The van der Waals surface area contributed by atoms with Gasteiger partial charge >= 0.3 is 0 Å². The summed E-state index contributed by atoms with van der Waals surface area (Å²) < 4.78 is 5.69. The van der Waals surface area contributed by atoms with Gasteiger partial charge in [0.05, 0.1) is 12.1 Å². The van der Waals surface area contributed by atoms with Gasteiger partial charge < -0.3 is 19.9 Å². The van der Waals surface area contributed by atoms with Crippen LogP contribution in [0.15, 0.2) is 54.7 Å². The fourth-order valence-electron chi connectivity index (χ4n) is 5.23. The molecule has 0 bridgehead atoms. The van der Waals surface area contributed by atoms with Crippen molar-refractivity contribution in [2.24, 2.45) is 5.92 Å². The number of carbonyl (C=O) groups excluding carboxylic acids is 2. The first-order valence-electron chi connectivity index (χ1n) is 11.9. The first kappa shape index (κ1) is 21.7. The Balaban J connectivity index is 1.54. The number of carbonyl (C=O) groups is 2. The van der Waals surface area contributed by atoms with E-state index in [1.165, 1.54) is 0 Å². The van der Waals surface area contributed by atoms with Crippen LogP contribution >= 0.6 is 0 Å². The van der Waals surface area contributed by atoms with Crippen molar-refractivity contribution in [3.63, 3.8) is 0 Å². The highest BCUT2D eigenvalue weighted by molar-refractivity contribution is 6.03. The van der Waals surface area contributed by atoms with Crippen molar-refractivity contribution in [2.45, 2.75) is 51.3 Å². The fraction of sp³-hybridized carbons (Fsp3) is 0.407. The van der Waals surface area contributed by atoms with E-state index in [0.29, 0.717) is 18.5 Å². The number of benzene rings is 2. The molecule has 3 heterocycles. The Bertz CT molecular complexity index is 1160. The van der Waals surface area contributed by atoms with Crippen molar-refractivity contribution in [2.75, 3.05) is 13.2 Å². The summed E-state index contributed by atoms with van der Waals surface area (Å²) in [6.45, 7) is 5.42. The average molecular weight is 446 g/mol. The average Bonchev–Trinajstić information content (AvgIpc) is 3.54. The van der Waals surface area contributed by atoms with Gasteiger partial charge in [-0.1, -0.05) is 50.2 Å². The molecule has 2 aliphatic rings. The number of rotatable bonds is 7. The Morgan fingerprint density at radius 1 is 1.15 bits per heavy atom. The Morgan fingerprint density at radius 2 is 1.94 bits per heavy atom. The van der Waals surface area contributed by atoms with Gasteiger partial charge in [-0.25, -0.2) is 0 Å². The van der Waals surface area contributed by atoms with Gasteiger partial charge in [0, 0.05) is 41.4 Å². The van der Waals surface area contributed by atoms with Crippen molar-refractivity contribution < 1.29 is 14.3 Å². The Labute approximate surface area is 194 Å². The van der Waals surface area contributed by atoms with Crippen molar-refractivity contribution in [1.82, 2.24) is 15.2 Å². The normalized spacial score (nSPS) is 21.1. The molecule has 172 valence electrons. The van der Waals surface area contributed by atoms with Crippen LogP contribution in [-0.4, -0.2) is 47.0 Å². The lowest BCUT2D eigenvalue weighted by Crippen LogP contribution is -2.50. The zero-order chi connectivity index (χ0) is 22.9. The quantitative estimate of drug-likeness (QED) is 0.565. The van der Waals surface area contributed by atoms with E-state index in [9.17, 15) is 9.59 Å². The molecule has 3 unspecified atom stereocenters. The molecule has 3 atom stereocenters. The van der Waals surface area contributed by atoms with Gasteiger partial charge in [0.15, 0.2) is 0 Å². The second-order valence-corrected chi connectivity index (χ2v) is 9.52. The number of aromatic nitrogens is 1. The van der Waals surface area contributed by atoms with Crippen LogP contribution in [0.4, 0.5) is 0 Å². The zero-order valence-electron chi connectivity index (χ0n) is 19.2. The summed E-state index contributed by atoms with van der Waals surface area (Å²) >= 11 is 0. The van der Waals surface area contributed by atoms with Crippen molar-refractivity contribution >= 4 is 22.7 Å². The van der Waals surface area contributed by atoms with Crippen molar-refractivity contribution in [3.05, 3.63) is 71.4 Å². The summed E-state index contributed by atoms with van der Waals surface area (Å²) in [4.78, 5) is 32.4. The number of amides is 2. The maximum absolute atomic E-state index is 13.7. The van der Waals surface area contributed by atoms with Gasteiger partial charge in [0.2, 0.25) is 5.91 Å². The third-order valence-corrected chi connectivity index (χ3v) is 6.78. The summed E-state index contributed by atoms with van der Waals surface area (Å²) in [6, 6.07) is 15.0. The van der Waals surface area contributed by atoms with Crippen molar-refractivity contribution in [3.8, 4) is 0 Å². The van der Waals surface area contributed by atoms with E-state index in [4.69, 9.17) is 4.74 Å². The number of hydrogen-bond donors (Lipinski definition) is 2. The van der Waals surface area contributed by atoms with E-state index in [1.54, 1.807) is 0 Å². The monoisotopic (exact) mass is 445 g/mol. The Morgan fingerprint density at radius 3 is 2.73 bits per heavy atom. The van der Waals surface area contributed by atoms with Crippen molar-refractivity contribution in [1.29, 1.82) is 0 Å². The Hall–Kier alpha value is -3.12. The number of ether oxygens (including phenoxy) is 1. The maximum Gasteiger partial charge on any atom is 0.255 e. The molecule has 1 saturated heterocycles. The summed E-state index contributed by atoms with van der Waals surface area (Å²) in [5.41, 5.74) is 3.67. The van der Waals surface area contributed by atoms with E-state index in [1.807, 2.05) is 53.6 Å². The van der Waals surface area contributed by atoms with Crippen LogP contribution in [0.3, 0.4) is 0 Å². The number of nitrogens with zero attached hydrogens (tertiary/aromatic N) is 1. The van der Waals surface area contributed by atoms with E-state index in [0.717, 1.165) is 41.5 Å². The van der Waals surface area contributed by atoms with Crippen LogP contribution in [0.1, 0.15) is 60.6 Å². The molecule has 5 rings (SSSR count). The molecule has 6 heteroatoms. The molecule has 3 aromatic rings. The maximum atomic E-state index is 13.7. The van der Waals surface area contributed by atoms with Crippen LogP contribution in [0, 0.1) is 5.92 Å². The smallest absolute Gasteiger partial charge is 0.255 e. The molecule has 2 N–H and O–H groups in total. The summed E-state index contributed by atoms with van der Waals surface area (Å²) in [7, 11) is 0. The summed E-state index contributed by atoms with van der Waals surface area (Å²) in [6.07, 6.45) is 4.62. The van der Waals surface area contributed by atoms with Gasteiger partial charge in [-0.3, -0.25) is 9.59 Å². The molecule has 2 aliphatic heterocycles. The van der Waals surface area contributed by atoms with E-state index in [2.05, 4.69) is 30.2 Å². The minimum atomic E-state index is -0.565. The molecule has 1 fully saturated rings. The third kappa shape index (κ3) is 4.04. The van der Waals surface area contributed by atoms with Gasteiger partial charge in [-0.2, -0.15) is 0 Å². The summed E-state index contributed by atoms with van der Waals surface area (Å²) in [5, 5.41) is 4.16. The fourth-order valence-corrected chi connectivity index (χ4v) is 5.23. The Kier molecular flexibility index (Phi) is 5.94. The molecule has 0 radical (unpaired) electrons. The number of aromatic amines is 1. The SMILES string of the molecule is CC(C)CC(C(=O)NCC1CCCO1)N1C(=O)c2ccccc2C1c1c[nH]c2ccccc12. The zero-order valence-corrected chi connectivity index (χ0v) is 19.2. The lowest BCUT2D eigenvalue weighted by molar-refractivity contribution is -0.127. The van der Waals surface area contributed by atoms with Crippen LogP contribution in [0.25, 0.3) is 10.9 Å². The molecule has 6 nitrogen and oxygen atoms in total. The summed E-state index contributed by atoms with van der Waals surface area (Å²) in [5.74, 6) is 0.0626. The highest BCUT2D eigenvalue weighted by Gasteiger charge is 2.44. The minimum Gasteiger partial charge on any atom is -0.376 e. The third-order valence-electron chi connectivity index (χ3n) is 6.78. The molecule has 0 aliphatic carbocycles. The molecule has 33 heavy (non-hydrogen) atoms. The van der Waals surface area contributed by atoms with Crippen LogP contribution in [-0.2, 0) is 9.53 Å². The van der Waals surface area contributed by atoms with Gasteiger partial charge in [0.1, 0.15) is 6.04 Å². The van der Waals surface area contributed by atoms with Crippen LogP contribution in [0.2, 0.25) is 0 Å². The number of hydrogen-bond acceptors (Lipinski definition) is 3. The van der Waals surface area contributed by atoms with E-state index < -0.39 is 6.04 Å². The van der Waals surface area contributed by atoms with Gasteiger partial charge in [0.25, 0.3) is 5.91 Å². The minimum absolute atomic E-state index is 0.0598. The first-order chi connectivity index (χ1) is 16.0. The molecule has 2 aromatic carbocycles. The topological polar surface area (TPSA) is 74.4 Å². The largest absolute Gasteiger partial charge is 0.376 e. The molecule has 0 spiro atoms. The number of H-pyrrole nitrogens is 1. The van der Waals surface area contributed by atoms with Gasteiger partial charge in [-0.05, 0) is 42.9 Å². The molecule has 1 aromatic heterocycles. The lowest BCUT2D eigenvalue weighted by Gasteiger charge is -2.34. The second kappa shape index (κ2) is 9.02. The van der Waals surface area contributed by atoms with Crippen LogP contribution < -0.4 is 5.32 Å². The number of nitrogens with one attached hydrogen (secondary N) is 2. The predicted octanol–water partition coefficient (Wildman–Crippen LogP) is 4.42. The predicted molar refractivity (Wildman–Crippen MR) is 128 cm³/mol.